The molecule has 0 aliphatic rings. The van der Waals surface area contributed by atoms with Crippen LogP contribution in [0.15, 0.2) is 48.7 Å². The van der Waals surface area contributed by atoms with E-state index < -0.39 is 6.04 Å². The molecular weight excluding hydrogens is 368 g/mol. The minimum atomic E-state index is -0.563. The molecule has 0 radical (unpaired) electrons. The second kappa shape index (κ2) is 8.82. The molecule has 0 bridgehead atoms. The summed E-state index contributed by atoms with van der Waals surface area (Å²) in [5.41, 5.74) is 1.83. The van der Waals surface area contributed by atoms with Crippen LogP contribution in [0.25, 0.3) is 10.9 Å². The predicted molar refractivity (Wildman–Crippen MR) is 112 cm³/mol. The number of hydrogen-bond donors (Lipinski definition) is 2. The summed E-state index contributed by atoms with van der Waals surface area (Å²) in [5.74, 6) is 1.31. The smallest absolute Gasteiger partial charge is 0.221 e. The molecule has 0 spiro atoms. The molecule has 1 heterocycles. The van der Waals surface area contributed by atoms with Crippen LogP contribution in [0.4, 0.5) is 0 Å². The average molecular weight is 394 g/mol. The number of amides is 1. The molecule has 6 nitrogen and oxygen atoms in total. The zero-order chi connectivity index (χ0) is 21.0. The summed E-state index contributed by atoms with van der Waals surface area (Å²) in [6.07, 6.45) is 2.02. The lowest BCUT2D eigenvalue weighted by molar-refractivity contribution is -0.122. The number of methoxy groups -OCH3 is 2. The predicted octanol–water partition coefficient (Wildman–Crippen LogP) is 4.21. The molecular formula is C23H26N2O4. The van der Waals surface area contributed by atoms with Crippen LogP contribution < -0.4 is 14.8 Å². The highest BCUT2D eigenvalue weighted by atomic mass is 16.5. The average Bonchev–Trinajstić information content (AvgIpc) is 2.72. The van der Waals surface area contributed by atoms with Crippen LogP contribution in [0, 0.1) is 5.92 Å². The maximum absolute atomic E-state index is 12.6. The Hall–Kier alpha value is -3.28. The van der Waals surface area contributed by atoms with E-state index >= 15 is 0 Å². The fraction of sp³-hybridized carbons (Fsp3) is 0.304. The van der Waals surface area contributed by atoms with Crippen molar-refractivity contribution >= 4 is 16.8 Å². The molecule has 0 saturated carbocycles. The van der Waals surface area contributed by atoms with E-state index in [-0.39, 0.29) is 17.6 Å². The molecule has 6 heteroatoms. The van der Waals surface area contributed by atoms with Gasteiger partial charge in [0, 0.05) is 23.6 Å². The Morgan fingerprint density at radius 1 is 1.10 bits per heavy atom. The maximum atomic E-state index is 12.6. The van der Waals surface area contributed by atoms with Crippen LogP contribution in [0.1, 0.15) is 37.4 Å². The molecule has 1 amide bonds. The number of phenols is 1. The minimum Gasteiger partial charge on any atom is -0.505 e. The van der Waals surface area contributed by atoms with Crippen molar-refractivity contribution in [2.24, 2.45) is 5.92 Å². The second-order valence-electron chi connectivity index (χ2n) is 7.29. The summed E-state index contributed by atoms with van der Waals surface area (Å²) in [6.45, 7) is 3.98. The summed E-state index contributed by atoms with van der Waals surface area (Å²) in [5, 5.41) is 14.8. The van der Waals surface area contributed by atoms with Crippen LogP contribution in [-0.2, 0) is 4.79 Å². The number of benzene rings is 2. The van der Waals surface area contributed by atoms with Crippen molar-refractivity contribution < 1.29 is 19.4 Å². The van der Waals surface area contributed by atoms with E-state index in [9.17, 15) is 9.90 Å². The Bertz CT molecular complexity index is 1020. The van der Waals surface area contributed by atoms with E-state index in [4.69, 9.17) is 9.47 Å². The van der Waals surface area contributed by atoms with Crippen LogP contribution >= 0.6 is 0 Å². The number of ether oxygens (including phenoxy) is 2. The summed E-state index contributed by atoms with van der Waals surface area (Å²) in [6, 6.07) is 12.3. The molecule has 29 heavy (non-hydrogen) atoms. The number of nitrogens with one attached hydrogen (secondary N) is 1. The number of aromatic nitrogens is 1. The number of nitrogens with zero attached hydrogens (tertiary/aromatic N) is 1. The van der Waals surface area contributed by atoms with Gasteiger partial charge in [-0.15, -0.1) is 0 Å². The van der Waals surface area contributed by atoms with Crippen molar-refractivity contribution in [1.82, 2.24) is 10.3 Å². The molecule has 152 valence electrons. The number of fused-ring (bicyclic) bond motifs is 1. The minimum absolute atomic E-state index is 0.0488. The van der Waals surface area contributed by atoms with Gasteiger partial charge in [0.1, 0.15) is 11.3 Å². The molecule has 3 aromatic rings. The molecule has 3 rings (SSSR count). The van der Waals surface area contributed by atoms with E-state index in [0.717, 1.165) is 10.9 Å². The summed E-state index contributed by atoms with van der Waals surface area (Å²) in [7, 11) is 3.13. The third-order valence-corrected chi connectivity index (χ3v) is 4.73. The molecule has 1 atom stereocenters. The molecule has 0 aliphatic heterocycles. The summed E-state index contributed by atoms with van der Waals surface area (Å²) < 4.78 is 10.7. The number of aromatic hydroxyl groups is 1. The highest BCUT2D eigenvalue weighted by Crippen LogP contribution is 2.37. The molecule has 2 N–H and O–H groups in total. The Labute approximate surface area is 170 Å². The van der Waals surface area contributed by atoms with Gasteiger partial charge in [-0.3, -0.25) is 9.78 Å². The highest BCUT2D eigenvalue weighted by Gasteiger charge is 2.23. The van der Waals surface area contributed by atoms with Crippen molar-refractivity contribution in [1.29, 1.82) is 0 Å². The number of phenolic OH excluding ortho intramolecular Hbond substituents is 1. The van der Waals surface area contributed by atoms with Gasteiger partial charge in [-0.25, -0.2) is 0 Å². The first-order valence-corrected chi connectivity index (χ1v) is 9.52. The fourth-order valence-corrected chi connectivity index (χ4v) is 3.34. The van der Waals surface area contributed by atoms with Crippen molar-refractivity contribution in [2.45, 2.75) is 26.3 Å². The lowest BCUT2D eigenvalue weighted by atomic mass is 9.95. The Morgan fingerprint density at radius 2 is 1.86 bits per heavy atom. The topological polar surface area (TPSA) is 80.7 Å². The Kier molecular flexibility index (Phi) is 6.22. The summed E-state index contributed by atoms with van der Waals surface area (Å²) in [4.78, 5) is 16.9. The molecule has 1 aromatic heterocycles. The zero-order valence-corrected chi connectivity index (χ0v) is 17.1. The molecule has 1 unspecified atom stereocenters. The third kappa shape index (κ3) is 4.42. The quantitative estimate of drug-likeness (QED) is 0.627. The van der Waals surface area contributed by atoms with Gasteiger partial charge >= 0.3 is 0 Å². The number of pyridine rings is 1. The molecule has 0 saturated heterocycles. The van der Waals surface area contributed by atoms with Crippen molar-refractivity contribution in [3.8, 4) is 17.2 Å². The van der Waals surface area contributed by atoms with Gasteiger partial charge in [0.25, 0.3) is 0 Å². The number of carbonyl (C=O) groups is 1. The van der Waals surface area contributed by atoms with E-state index in [1.807, 2.05) is 44.2 Å². The lowest BCUT2D eigenvalue weighted by Crippen LogP contribution is -2.30. The van der Waals surface area contributed by atoms with Gasteiger partial charge in [0.05, 0.1) is 20.3 Å². The highest BCUT2D eigenvalue weighted by molar-refractivity contribution is 5.86. The Morgan fingerprint density at radius 3 is 2.55 bits per heavy atom. The van der Waals surface area contributed by atoms with Crippen LogP contribution in [-0.4, -0.2) is 30.2 Å². The Balaban J connectivity index is 2.11. The van der Waals surface area contributed by atoms with E-state index in [1.165, 1.54) is 0 Å². The number of rotatable bonds is 7. The van der Waals surface area contributed by atoms with E-state index in [0.29, 0.717) is 29.0 Å². The maximum Gasteiger partial charge on any atom is 0.221 e. The van der Waals surface area contributed by atoms with E-state index in [1.54, 1.807) is 32.5 Å². The zero-order valence-electron chi connectivity index (χ0n) is 17.1. The second-order valence-corrected chi connectivity index (χ2v) is 7.29. The van der Waals surface area contributed by atoms with Gasteiger partial charge in [0.2, 0.25) is 5.91 Å². The largest absolute Gasteiger partial charge is 0.505 e. The van der Waals surface area contributed by atoms with Crippen LogP contribution in [0.3, 0.4) is 0 Å². The standard InChI is InChI=1S/C23H26N2O4/c1-14(2)12-20(26)25-21(16-8-10-18(28-3)19(13-16)29-4)17-9-7-15-6-5-11-24-22(15)23(17)27/h5-11,13-14,21,27H,12H2,1-4H3,(H,25,26). The van der Waals surface area contributed by atoms with Gasteiger partial charge in [-0.2, -0.15) is 0 Å². The van der Waals surface area contributed by atoms with Gasteiger partial charge < -0.3 is 19.9 Å². The number of hydrogen-bond acceptors (Lipinski definition) is 5. The normalized spacial score (nSPS) is 12.0. The van der Waals surface area contributed by atoms with Crippen molar-refractivity contribution in [3.63, 3.8) is 0 Å². The molecule has 0 fully saturated rings. The van der Waals surface area contributed by atoms with Crippen molar-refractivity contribution in [3.05, 3.63) is 59.8 Å². The van der Waals surface area contributed by atoms with E-state index in [2.05, 4.69) is 10.3 Å². The van der Waals surface area contributed by atoms with Gasteiger partial charge in [-0.05, 0) is 29.7 Å². The molecule has 2 aromatic carbocycles. The summed E-state index contributed by atoms with van der Waals surface area (Å²) >= 11 is 0. The lowest BCUT2D eigenvalue weighted by Gasteiger charge is -2.23. The first-order chi connectivity index (χ1) is 13.9. The number of carbonyl (C=O) groups excluding carboxylic acids is 1. The van der Waals surface area contributed by atoms with Gasteiger partial charge in [0.15, 0.2) is 11.5 Å². The monoisotopic (exact) mass is 394 g/mol. The van der Waals surface area contributed by atoms with Crippen molar-refractivity contribution in [2.75, 3.05) is 14.2 Å². The third-order valence-electron chi connectivity index (χ3n) is 4.73. The van der Waals surface area contributed by atoms with Gasteiger partial charge in [-0.1, -0.05) is 38.1 Å². The van der Waals surface area contributed by atoms with Crippen LogP contribution in [0.5, 0.6) is 17.2 Å². The SMILES string of the molecule is COc1ccc(C(NC(=O)CC(C)C)c2ccc3cccnc3c2O)cc1OC. The molecule has 0 aliphatic carbocycles. The first kappa shape index (κ1) is 20.5. The van der Waals surface area contributed by atoms with Crippen LogP contribution in [0.2, 0.25) is 0 Å². The fourth-order valence-electron chi connectivity index (χ4n) is 3.34. The first-order valence-electron chi connectivity index (χ1n) is 9.52.